The highest BCUT2D eigenvalue weighted by Gasteiger charge is 2.13. The van der Waals surface area contributed by atoms with Crippen molar-refractivity contribution in [2.45, 2.75) is 0 Å². The van der Waals surface area contributed by atoms with Crippen molar-refractivity contribution < 1.29 is 4.39 Å². The summed E-state index contributed by atoms with van der Waals surface area (Å²) >= 11 is 14.5. The maximum atomic E-state index is 13.6. The monoisotopic (exact) mass is 384 g/mol. The molecule has 0 fully saturated rings. The van der Waals surface area contributed by atoms with Gasteiger partial charge in [-0.15, -0.1) is 0 Å². The van der Waals surface area contributed by atoms with Crippen LogP contribution in [0.3, 0.4) is 0 Å². The lowest BCUT2D eigenvalue weighted by atomic mass is 10.2. The van der Waals surface area contributed by atoms with Crippen LogP contribution in [0.25, 0.3) is 16.6 Å². The number of fused-ring (bicyclic) bond motifs is 1. The van der Waals surface area contributed by atoms with Crippen molar-refractivity contribution in [2.24, 2.45) is 0 Å². The summed E-state index contributed by atoms with van der Waals surface area (Å²) < 4.78 is 15.8. The van der Waals surface area contributed by atoms with Gasteiger partial charge in [-0.05, 0) is 42.5 Å². The van der Waals surface area contributed by atoms with E-state index in [0.717, 1.165) is 4.47 Å². The predicted octanol–water partition coefficient (Wildman–Crippen LogP) is 4.60. The van der Waals surface area contributed by atoms with Crippen molar-refractivity contribution in [3.05, 3.63) is 66.8 Å². The molecule has 0 radical (unpaired) electrons. The number of nitrogens with one attached hydrogen (secondary N) is 1. The van der Waals surface area contributed by atoms with Crippen LogP contribution < -0.4 is 5.56 Å². The first-order valence-corrected chi connectivity index (χ1v) is 7.46. The number of H-pyrrole nitrogens is 1. The van der Waals surface area contributed by atoms with Crippen LogP contribution in [0.2, 0.25) is 5.02 Å². The zero-order valence-electron chi connectivity index (χ0n) is 10.4. The van der Waals surface area contributed by atoms with Crippen LogP contribution in [0.1, 0.15) is 0 Å². The molecule has 0 aliphatic carbocycles. The summed E-state index contributed by atoms with van der Waals surface area (Å²) in [5, 5.41) is 0.294. The molecule has 0 aliphatic heterocycles. The second-order valence-electron chi connectivity index (χ2n) is 4.33. The lowest BCUT2D eigenvalue weighted by molar-refractivity contribution is 0.626. The summed E-state index contributed by atoms with van der Waals surface area (Å²) in [6.45, 7) is 0. The molecule has 1 N–H and O–H groups in total. The molecule has 0 bridgehead atoms. The van der Waals surface area contributed by atoms with Crippen LogP contribution in [0.4, 0.5) is 4.39 Å². The Hall–Kier alpha value is -1.50. The molecule has 0 unspecified atom stereocenters. The second-order valence-corrected chi connectivity index (χ2v) is 6.01. The average Bonchev–Trinajstić information content (AvgIpc) is 2.43. The first-order chi connectivity index (χ1) is 9.99. The third-order valence-electron chi connectivity index (χ3n) is 3.03. The molecule has 1 heterocycles. The first kappa shape index (κ1) is 14.4. The van der Waals surface area contributed by atoms with E-state index in [1.807, 2.05) is 0 Å². The number of benzene rings is 2. The van der Waals surface area contributed by atoms with E-state index >= 15 is 0 Å². The summed E-state index contributed by atoms with van der Waals surface area (Å²) in [4.78, 5) is 15.6. The van der Waals surface area contributed by atoms with Crippen molar-refractivity contribution in [3.63, 3.8) is 0 Å². The van der Waals surface area contributed by atoms with E-state index in [9.17, 15) is 9.18 Å². The van der Waals surface area contributed by atoms with E-state index in [2.05, 4.69) is 20.9 Å². The van der Waals surface area contributed by atoms with Crippen LogP contribution in [-0.4, -0.2) is 9.55 Å². The quantitative estimate of drug-likeness (QED) is 0.622. The molecule has 3 aromatic rings. The number of aromatic nitrogens is 2. The molecule has 106 valence electrons. The molecule has 0 spiro atoms. The molecule has 0 aliphatic rings. The van der Waals surface area contributed by atoms with E-state index in [0.29, 0.717) is 10.9 Å². The van der Waals surface area contributed by atoms with Crippen LogP contribution in [-0.2, 0) is 0 Å². The fourth-order valence-corrected chi connectivity index (χ4v) is 2.94. The lowest BCUT2D eigenvalue weighted by Crippen LogP contribution is -2.21. The molecule has 3 nitrogen and oxygen atoms in total. The van der Waals surface area contributed by atoms with E-state index in [1.54, 1.807) is 24.3 Å². The number of hydrogen-bond donors (Lipinski definition) is 1. The van der Waals surface area contributed by atoms with Gasteiger partial charge < -0.3 is 4.98 Å². The largest absolute Gasteiger partial charge is 0.331 e. The topological polar surface area (TPSA) is 37.8 Å². The third-order valence-corrected chi connectivity index (χ3v) is 4.18. The van der Waals surface area contributed by atoms with Gasteiger partial charge in [0.1, 0.15) is 10.8 Å². The Kier molecular flexibility index (Phi) is 3.69. The summed E-state index contributed by atoms with van der Waals surface area (Å²) in [5.74, 6) is -0.605. The molecule has 0 atom stereocenters. The minimum atomic E-state index is -0.605. The Morgan fingerprint density at radius 2 is 2.05 bits per heavy atom. The Balaban J connectivity index is 2.44. The third kappa shape index (κ3) is 2.43. The zero-order valence-corrected chi connectivity index (χ0v) is 13.5. The maximum Gasteiger partial charge on any atom is 0.266 e. The minimum Gasteiger partial charge on any atom is -0.331 e. The highest BCUT2D eigenvalue weighted by molar-refractivity contribution is 9.10. The average molecular weight is 386 g/mol. The van der Waals surface area contributed by atoms with Crippen molar-refractivity contribution in [3.8, 4) is 5.69 Å². The number of rotatable bonds is 1. The van der Waals surface area contributed by atoms with Gasteiger partial charge in [0.15, 0.2) is 4.77 Å². The van der Waals surface area contributed by atoms with Gasteiger partial charge in [-0.25, -0.2) is 4.39 Å². The van der Waals surface area contributed by atoms with E-state index in [4.69, 9.17) is 23.8 Å². The van der Waals surface area contributed by atoms with E-state index in [-0.39, 0.29) is 21.0 Å². The number of hydrogen-bond acceptors (Lipinski definition) is 2. The first-order valence-electron chi connectivity index (χ1n) is 5.88. The second kappa shape index (κ2) is 5.36. The fraction of sp³-hybridized carbons (Fsp3) is 0. The normalized spacial score (nSPS) is 11.0. The van der Waals surface area contributed by atoms with Gasteiger partial charge in [0.05, 0.1) is 16.6 Å². The molecular weight excluding hydrogens is 379 g/mol. The molecule has 2 aromatic carbocycles. The van der Waals surface area contributed by atoms with Crippen molar-refractivity contribution in [2.75, 3.05) is 0 Å². The smallest absolute Gasteiger partial charge is 0.266 e. The van der Waals surface area contributed by atoms with Crippen molar-refractivity contribution in [1.29, 1.82) is 0 Å². The van der Waals surface area contributed by atoms with E-state index < -0.39 is 5.82 Å². The van der Waals surface area contributed by atoms with Gasteiger partial charge in [0.25, 0.3) is 5.56 Å². The number of aromatic amines is 1. The minimum absolute atomic E-state index is 0.143. The van der Waals surface area contributed by atoms with Crippen LogP contribution in [0, 0.1) is 10.6 Å². The SMILES string of the molecule is O=c1c2ccc(Br)cc2[nH]c(=S)n1-c1cccc(F)c1Cl. The molecule has 3 rings (SSSR count). The maximum absolute atomic E-state index is 13.6. The van der Waals surface area contributed by atoms with Gasteiger partial charge in [-0.1, -0.05) is 33.6 Å². The molecule has 21 heavy (non-hydrogen) atoms. The van der Waals surface area contributed by atoms with Gasteiger partial charge in [0, 0.05) is 4.47 Å². The van der Waals surface area contributed by atoms with Gasteiger partial charge in [0.2, 0.25) is 0 Å². The molecule has 0 saturated carbocycles. The Morgan fingerprint density at radius 3 is 2.81 bits per heavy atom. The van der Waals surface area contributed by atoms with Crippen molar-refractivity contribution in [1.82, 2.24) is 9.55 Å². The molecule has 0 saturated heterocycles. The van der Waals surface area contributed by atoms with Crippen LogP contribution >= 0.6 is 39.7 Å². The highest BCUT2D eigenvalue weighted by Crippen LogP contribution is 2.23. The summed E-state index contributed by atoms with van der Waals surface area (Å²) in [6.07, 6.45) is 0. The van der Waals surface area contributed by atoms with Crippen LogP contribution in [0.5, 0.6) is 0 Å². The fourth-order valence-electron chi connectivity index (χ4n) is 2.07. The Labute approximate surface area is 137 Å². The number of halogens is 3. The molecular formula is C14H7BrClFN2OS. The van der Waals surface area contributed by atoms with E-state index in [1.165, 1.54) is 16.7 Å². The van der Waals surface area contributed by atoms with Gasteiger partial charge in [-0.3, -0.25) is 9.36 Å². The molecule has 0 amide bonds. The zero-order chi connectivity index (χ0) is 15.1. The summed E-state index contributed by atoms with van der Waals surface area (Å²) in [5.41, 5.74) is 0.463. The van der Waals surface area contributed by atoms with Gasteiger partial charge >= 0.3 is 0 Å². The lowest BCUT2D eigenvalue weighted by Gasteiger charge is -2.10. The standard InChI is InChI=1S/C14H7BrClFN2OS/c15-7-4-5-8-10(6-7)18-14(21)19(13(8)20)11-3-1-2-9(17)12(11)16/h1-6H,(H,18,21). The summed E-state index contributed by atoms with van der Waals surface area (Å²) in [7, 11) is 0. The van der Waals surface area contributed by atoms with Crippen molar-refractivity contribution >= 4 is 50.7 Å². The molecule has 1 aromatic heterocycles. The molecule has 7 heteroatoms. The highest BCUT2D eigenvalue weighted by atomic mass is 79.9. The number of nitrogens with zero attached hydrogens (tertiary/aromatic N) is 1. The summed E-state index contributed by atoms with van der Waals surface area (Å²) in [6, 6.07) is 9.41. The Morgan fingerprint density at radius 1 is 1.29 bits per heavy atom. The Bertz CT molecular complexity index is 983. The predicted molar refractivity (Wildman–Crippen MR) is 87.4 cm³/mol. The van der Waals surface area contributed by atoms with Crippen LogP contribution in [0.15, 0.2) is 45.7 Å². The van der Waals surface area contributed by atoms with Gasteiger partial charge in [-0.2, -0.15) is 0 Å².